The van der Waals surface area contributed by atoms with Crippen LogP contribution in [0.15, 0.2) is 24.8 Å². The fourth-order valence-corrected chi connectivity index (χ4v) is 0.820. The molecule has 0 aliphatic rings. The van der Waals surface area contributed by atoms with E-state index in [1.807, 2.05) is 6.92 Å². The highest BCUT2D eigenvalue weighted by molar-refractivity contribution is 5.67. The van der Waals surface area contributed by atoms with Crippen LogP contribution >= 0.6 is 0 Å². The topological polar surface area (TPSA) is 46.2 Å². The average molecular weight is 149 g/mol. The summed E-state index contributed by atoms with van der Waals surface area (Å²) in [6.45, 7) is 5.65. The van der Waals surface area contributed by atoms with Gasteiger partial charge in [0.2, 0.25) is 0 Å². The number of phenols is 1. The highest BCUT2D eigenvalue weighted by Gasteiger charge is 1.97. The van der Waals surface area contributed by atoms with Gasteiger partial charge in [0, 0.05) is 0 Å². The van der Waals surface area contributed by atoms with E-state index in [1.54, 1.807) is 18.2 Å². The fourth-order valence-electron chi connectivity index (χ4n) is 0.820. The van der Waals surface area contributed by atoms with E-state index in [9.17, 15) is 0 Å². The molecule has 3 N–H and O–H groups in total. The van der Waals surface area contributed by atoms with Crippen molar-refractivity contribution in [3.63, 3.8) is 0 Å². The van der Waals surface area contributed by atoms with E-state index in [2.05, 4.69) is 6.58 Å². The van der Waals surface area contributed by atoms with Crippen LogP contribution in [0.5, 0.6) is 5.75 Å². The molecule has 0 unspecified atom stereocenters. The van der Waals surface area contributed by atoms with Gasteiger partial charge < -0.3 is 10.8 Å². The van der Waals surface area contributed by atoms with E-state index >= 15 is 0 Å². The molecule has 1 aromatic carbocycles. The Morgan fingerprint density at radius 3 is 2.64 bits per heavy atom. The minimum absolute atomic E-state index is 0.120. The third kappa shape index (κ3) is 1.52. The molecular formula is C9H11NO. The molecule has 0 heterocycles. The van der Waals surface area contributed by atoms with Crippen molar-refractivity contribution in [1.29, 1.82) is 0 Å². The number of nitrogens with two attached hydrogens (primary N) is 1. The van der Waals surface area contributed by atoms with Gasteiger partial charge in [-0.2, -0.15) is 0 Å². The predicted molar refractivity (Wildman–Crippen MR) is 47.2 cm³/mol. The molecule has 0 saturated carbocycles. The molecule has 58 valence electrons. The van der Waals surface area contributed by atoms with Gasteiger partial charge in [-0.25, -0.2) is 0 Å². The summed E-state index contributed by atoms with van der Waals surface area (Å²) in [5.74, 6) is 0.120. The summed E-state index contributed by atoms with van der Waals surface area (Å²) in [5, 5.41) is 9.07. The summed E-state index contributed by atoms with van der Waals surface area (Å²) in [6, 6.07) is 5.06. The molecule has 11 heavy (non-hydrogen) atoms. The minimum atomic E-state index is 0.120. The van der Waals surface area contributed by atoms with Crippen molar-refractivity contribution in [3.05, 3.63) is 30.3 Å². The highest BCUT2D eigenvalue weighted by Crippen LogP contribution is 2.23. The monoisotopic (exact) mass is 149 g/mol. The molecule has 0 amide bonds. The number of benzene rings is 1. The lowest BCUT2D eigenvalue weighted by Crippen LogP contribution is -1.87. The van der Waals surface area contributed by atoms with Crippen LogP contribution < -0.4 is 5.73 Å². The standard InChI is InChI=1S/C9H11NO/c1-6(2)7-3-4-9(11)8(10)5-7/h3-5,11H,1,10H2,2H3. The first-order chi connectivity index (χ1) is 5.11. The summed E-state index contributed by atoms with van der Waals surface area (Å²) in [7, 11) is 0. The van der Waals surface area contributed by atoms with Crippen molar-refractivity contribution in [2.45, 2.75) is 6.92 Å². The maximum Gasteiger partial charge on any atom is 0.138 e. The Hall–Kier alpha value is -1.44. The Labute approximate surface area is 66.0 Å². The fraction of sp³-hybridized carbons (Fsp3) is 0.111. The number of hydrogen-bond acceptors (Lipinski definition) is 2. The third-order valence-corrected chi connectivity index (χ3v) is 1.52. The smallest absolute Gasteiger partial charge is 0.138 e. The molecule has 0 bridgehead atoms. The second-order valence-electron chi connectivity index (χ2n) is 2.55. The van der Waals surface area contributed by atoms with Gasteiger partial charge >= 0.3 is 0 Å². The third-order valence-electron chi connectivity index (χ3n) is 1.52. The number of allylic oxidation sites excluding steroid dienone is 1. The number of nitrogen functional groups attached to an aromatic ring is 1. The molecule has 0 aliphatic carbocycles. The second kappa shape index (κ2) is 2.66. The second-order valence-corrected chi connectivity index (χ2v) is 2.55. The van der Waals surface area contributed by atoms with Crippen molar-refractivity contribution < 1.29 is 5.11 Å². The summed E-state index contributed by atoms with van der Waals surface area (Å²) < 4.78 is 0. The number of aromatic hydroxyl groups is 1. The van der Waals surface area contributed by atoms with Gasteiger partial charge in [0.15, 0.2) is 0 Å². The van der Waals surface area contributed by atoms with Crippen LogP contribution in [0.1, 0.15) is 12.5 Å². The SMILES string of the molecule is C=C(C)c1ccc(O)c(N)c1. The minimum Gasteiger partial charge on any atom is -0.506 e. The molecule has 1 rings (SSSR count). The van der Waals surface area contributed by atoms with Gasteiger partial charge in [0.05, 0.1) is 5.69 Å². The lowest BCUT2D eigenvalue weighted by molar-refractivity contribution is 0.478. The molecule has 0 fully saturated rings. The molecule has 0 saturated heterocycles. The van der Waals surface area contributed by atoms with Crippen molar-refractivity contribution in [1.82, 2.24) is 0 Å². The van der Waals surface area contributed by atoms with Gasteiger partial charge in [-0.1, -0.05) is 18.2 Å². The normalized spacial score (nSPS) is 9.55. The Kier molecular flexibility index (Phi) is 1.85. The molecular weight excluding hydrogens is 138 g/mol. The van der Waals surface area contributed by atoms with Crippen LogP contribution in [-0.4, -0.2) is 5.11 Å². The molecule has 0 atom stereocenters. The van der Waals surface area contributed by atoms with E-state index < -0.39 is 0 Å². The Balaban J connectivity index is 3.15. The lowest BCUT2D eigenvalue weighted by atomic mass is 10.1. The number of rotatable bonds is 1. The summed E-state index contributed by atoms with van der Waals surface area (Å²) in [6.07, 6.45) is 0. The van der Waals surface area contributed by atoms with Gasteiger partial charge in [0.25, 0.3) is 0 Å². The maximum atomic E-state index is 9.07. The zero-order chi connectivity index (χ0) is 8.43. The van der Waals surface area contributed by atoms with Gasteiger partial charge in [0.1, 0.15) is 5.75 Å². The van der Waals surface area contributed by atoms with Crippen LogP contribution in [0, 0.1) is 0 Å². The zero-order valence-corrected chi connectivity index (χ0v) is 6.46. The van der Waals surface area contributed by atoms with Gasteiger partial charge in [-0.3, -0.25) is 0 Å². The molecule has 0 aromatic heterocycles. The quantitative estimate of drug-likeness (QED) is 0.474. The van der Waals surface area contributed by atoms with Crippen LogP contribution in [-0.2, 0) is 0 Å². The maximum absolute atomic E-state index is 9.07. The first-order valence-electron chi connectivity index (χ1n) is 3.35. The molecule has 0 radical (unpaired) electrons. The van der Waals surface area contributed by atoms with E-state index in [0.29, 0.717) is 5.69 Å². The van der Waals surface area contributed by atoms with Crippen LogP contribution in [0.4, 0.5) is 5.69 Å². The number of anilines is 1. The summed E-state index contributed by atoms with van der Waals surface area (Å²) in [4.78, 5) is 0. The predicted octanol–water partition coefficient (Wildman–Crippen LogP) is 2.01. The lowest BCUT2D eigenvalue weighted by Gasteiger charge is -2.02. The summed E-state index contributed by atoms with van der Waals surface area (Å²) >= 11 is 0. The van der Waals surface area contributed by atoms with E-state index in [1.165, 1.54) is 0 Å². The highest BCUT2D eigenvalue weighted by atomic mass is 16.3. The summed E-state index contributed by atoms with van der Waals surface area (Å²) in [5.41, 5.74) is 7.76. The van der Waals surface area contributed by atoms with E-state index in [0.717, 1.165) is 11.1 Å². The van der Waals surface area contributed by atoms with Crippen molar-refractivity contribution in [3.8, 4) is 5.75 Å². The van der Waals surface area contributed by atoms with E-state index in [4.69, 9.17) is 10.8 Å². The van der Waals surface area contributed by atoms with Crippen molar-refractivity contribution in [2.24, 2.45) is 0 Å². The van der Waals surface area contributed by atoms with Crippen molar-refractivity contribution in [2.75, 3.05) is 5.73 Å². The zero-order valence-electron chi connectivity index (χ0n) is 6.46. The van der Waals surface area contributed by atoms with Crippen molar-refractivity contribution >= 4 is 11.3 Å². The number of hydrogen-bond donors (Lipinski definition) is 2. The number of phenolic OH excluding ortho intramolecular Hbond substituents is 1. The molecule has 2 heteroatoms. The van der Waals surface area contributed by atoms with Crippen LogP contribution in [0.2, 0.25) is 0 Å². The van der Waals surface area contributed by atoms with Crippen LogP contribution in [0.3, 0.4) is 0 Å². The Bertz CT molecular complexity index is 292. The molecule has 0 spiro atoms. The first-order valence-corrected chi connectivity index (χ1v) is 3.35. The van der Waals surface area contributed by atoms with Crippen LogP contribution in [0.25, 0.3) is 5.57 Å². The largest absolute Gasteiger partial charge is 0.506 e. The molecule has 2 nitrogen and oxygen atoms in total. The van der Waals surface area contributed by atoms with Gasteiger partial charge in [-0.05, 0) is 24.6 Å². The molecule has 1 aromatic rings. The average Bonchev–Trinajstić information content (AvgIpc) is 1.94. The Morgan fingerprint density at radius 1 is 1.55 bits per heavy atom. The Morgan fingerprint density at radius 2 is 2.18 bits per heavy atom. The first kappa shape index (κ1) is 7.66. The van der Waals surface area contributed by atoms with E-state index in [-0.39, 0.29) is 5.75 Å². The molecule has 0 aliphatic heterocycles. The van der Waals surface area contributed by atoms with Gasteiger partial charge in [-0.15, -0.1) is 0 Å².